The zero-order valence-corrected chi connectivity index (χ0v) is 12.6. The number of nitro groups is 1. The highest BCUT2D eigenvalue weighted by Crippen LogP contribution is 2.38. The van der Waals surface area contributed by atoms with Gasteiger partial charge < -0.3 is 4.42 Å². The first-order chi connectivity index (χ1) is 9.99. The van der Waals surface area contributed by atoms with Crippen LogP contribution in [0.15, 0.2) is 40.8 Å². The lowest BCUT2D eigenvalue weighted by Crippen LogP contribution is -2.04. The monoisotopic (exact) mass is 347 g/mol. The fraction of sp³-hybridized carbons (Fsp3) is 0.133. The Hall–Kier alpha value is -2.21. The highest BCUT2D eigenvalue weighted by atomic mass is 79.9. The first-order valence-corrected chi connectivity index (χ1v) is 7.14. The van der Waals surface area contributed by atoms with Crippen molar-refractivity contribution in [2.45, 2.75) is 11.8 Å². The van der Waals surface area contributed by atoms with Crippen LogP contribution in [0.3, 0.4) is 0 Å². The summed E-state index contributed by atoms with van der Waals surface area (Å²) in [6.07, 6.45) is 0. The number of carbonyl (C=O) groups excluding carboxylic acids is 1. The normalized spacial score (nSPS) is 12.7. The Morgan fingerprint density at radius 2 is 1.95 bits per heavy atom. The van der Waals surface area contributed by atoms with Crippen molar-refractivity contribution in [2.24, 2.45) is 0 Å². The molecule has 0 spiro atoms. The van der Waals surface area contributed by atoms with Crippen molar-refractivity contribution >= 4 is 49.3 Å². The van der Waals surface area contributed by atoms with E-state index in [1.165, 1.54) is 13.0 Å². The Labute approximate surface area is 127 Å². The summed E-state index contributed by atoms with van der Waals surface area (Å²) in [7, 11) is 0. The maximum Gasteiger partial charge on any atom is 0.277 e. The molecule has 0 aliphatic rings. The van der Waals surface area contributed by atoms with Crippen LogP contribution in [-0.4, -0.2) is 10.7 Å². The van der Waals surface area contributed by atoms with Gasteiger partial charge in [0.15, 0.2) is 0 Å². The molecule has 0 aliphatic heterocycles. The lowest BCUT2D eigenvalue weighted by molar-refractivity contribution is -0.385. The Morgan fingerprint density at radius 1 is 1.24 bits per heavy atom. The third kappa shape index (κ3) is 2.21. The lowest BCUT2D eigenvalue weighted by atomic mass is 10.0. The number of hydrogen-bond acceptors (Lipinski definition) is 4. The minimum Gasteiger partial charge on any atom is -0.456 e. The number of ketones is 1. The van der Waals surface area contributed by atoms with Crippen molar-refractivity contribution in [1.82, 2.24) is 0 Å². The number of para-hydroxylation sites is 1. The summed E-state index contributed by atoms with van der Waals surface area (Å²) < 4.78 is 5.63. The summed E-state index contributed by atoms with van der Waals surface area (Å²) >= 11 is 3.22. The van der Waals surface area contributed by atoms with Gasteiger partial charge in [-0.1, -0.05) is 34.1 Å². The third-order valence-corrected chi connectivity index (χ3v) is 4.49. The number of carbonyl (C=O) groups is 1. The van der Waals surface area contributed by atoms with E-state index in [1.807, 2.05) is 18.2 Å². The van der Waals surface area contributed by atoms with E-state index in [0.29, 0.717) is 16.7 Å². The third-order valence-electron chi connectivity index (χ3n) is 3.35. The Balaban J connectivity index is 2.38. The predicted octanol–water partition coefficient (Wildman–Crippen LogP) is 4.52. The van der Waals surface area contributed by atoms with E-state index >= 15 is 0 Å². The number of hydrogen-bond donors (Lipinski definition) is 0. The van der Waals surface area contributed by atoms with Crippen LogP contribution in [0, 0.1) is 10.1 Å². The number of halogens is 1. The molecule has 1 heterocycles. The second-order valence-corrected chi connectivity index (χ2v) is 5.65. The highest BCUT2D eigenvalue weighted by Gasteiger charge is 2.25. The van der Waals surface area contributed by atoms with Crippen LogP contribution in [0.25, 0.3) is 21.9 Å². The highest BCUT2D eigenvalue weighted by molar-refractivity contribution is 9.09. The summed E-state index contributed by atoms with van der Waals surface area (Å²) in [6.45, 7) is 1.39. The molecule has 0 saturated heterocycles. The fourth-order valence-corrected chi connectivity index (χ4v) is 2.72. The average Bonchev–Trinajstić information content (AvgIpc) is 2.82. The molecule has 0 amide bonds. The van der Waals surface area contributed by atoms with E-state index in [1.54, 1.807) is 12.1 Å². The molecule has 0 saturated carbocycles. The average molecular weight is 348 g/mol. The maximum absolute atomic E-state index is 11.6. The molecule has 0 radical (unpaired) electrons. The molecule has 2 aromatic carbocycles. The molecule has 6 heteroatoms. The molecular formula is C15H10BrNO4. The summed E-state index contributed by atoms with van der Waals surface area (Å²) in [4.78, 5) is 21.6. The minimum atomic E-state index is -0.712. The first-order valence-electron chi connectivity index (χ1n) is 6.23. The summed E-state index contributed by atoms with van der Waals surface area (Å²) in [6, 6.07) is 10.4. The van der Waals surface area contributed by atoms with Crippen LogP contribution in [0.1, 0.15) is 17.3 Å². The lowest BCUT2D eigenvalue weighted by Gasteiger charge is -2.07. The number of nitro benzene ring substituents is 1. The molecule has 106 valence electrons. The predicted molar refractivity (Wildman–Crippen MR) is 82.7 cm³/mol. The summed E-state index contributed by atoms with van der Waals surface area (Å²) in [5.74, 6) is -0.190. The van der Waals surface area contributed by atoms with Crippen molar-refractivity contribution in [3.05, 3.63) is 52.1 Å². The number of Topliss-reactive ketones (excluding diaryl/α,β-unsaturated/α-hetero) is 1. The quantitative estimate of drug-likeness (QED) is 0.396. The van der Waals surface area contributed by atoms with Gasteiger partial charge in [0, 0.05) is 10.8 Å². The van der Waals surface area contributed by atoms with Gasteiger partial charge in [-0.15, -0.1) is 0 Å². The zero-order valence-electron chi connectivity index (χ0n) is 11.0. The second kappa shape index (κ2) is 4.96. The fourth-order valence-electron chi connectivity index (χ4n) is 2.36. The van der Waals surface area contributed by atoms with Gasteiger partial charge in [-0.2, -0.15) is 0 Å². The van der Waals surface area contributed by atoms with Gasteiger partial charge in [-0.3, -0.25) is 14.9 Å². The van der Waals surface area contributed by atoms with Crippen molar-refractivity contribution in [3.8, 4) is 0 Å². The number of alkyl halides is 1. The summed E-state index contributed by atoms with van der Waals surface area (Å²) in [5.41, 5.74) is 1.31. The van der Waals surface area contributed by atoms with Crippen molar-refractivity contribution in [2.75, 3.05) is 0 Å². The van der Waals surface area contributed by atoms with E-state index in [0.717, 1.165) is 10.8 Å². The van der Waals surface area contributed by atoms with Gasteiger partial charge in [0.2, 0.25) is 0 Å². The van der Waals surface area contributed by atoms with E-state index in [-0.39, 0.29) is 11.5 Å². The number of benzene rings is 2. The number of rotatable bonds is 3. The molecule has 0 bridgehead atoms. The molecule has 3 rings (SSSR count). The Bertz CT molecular complexity index is 884. The molecule has 0 N–H and O–H groups in total. The van der Waals surface area contributed by atoms with Crippen LogP contribution < -0.4 is 0 Å². The van der Waals surface area contributed by atoms with E-state index in [4.69, 9.17) is 4.42 Å². The van der Waals surface area contributed by atoms with E-state index < -0.39 is 9.75 Å². The van der Waals surface area contributed by atoms with E-state index in [9.17, 15) is 14.9 Å². The number of furan rings is 1. The maximum atomic E-state index is 11.6. The molecule has 0 aliphatic carbocycles. The van der Waals surface area contributed by atoms with Crippen LogP contribution in [0.5, 0.6) is 0 Å². The van der Waals surface area contributed by atoms with Gasteiger partial charge in [-0.05, 0) is 19.1 Å². The SMILES string of the molecule is CC(=O)C(Br)c1cc2c(cc1[N+](=O)[O-])oc1ccccc12. The molecule has 1 atom stereocenters. The Morgan fingerprint density at radius 3 is 2.62 bits per heavy atom. The van der Waals surface area contributed by atoms with Crippen LogP contribution >= 0.6 is 15.9 Å². The van der Waals surface area contributed by atoms with Crippen LogP contribution in [0.4, 0.5) is 5.69 Å². The molecule has 0 fully saturated rings. The summed E-state index contributed by atoms with van der Waals surface area (Å²) in [5, 5.41) is 12.9. The molecular weight excluding hydrogens is 338 g/mol. The molecule has 21 heavy (non-hydrogen) atoms. The van der Waals surface area contributed by atoms with Crippen molar-refractivity contribution < 1.29 is 14.1 Å². The molecule has 1 aromatic heterocycles. The second-order valence-electron chi connectivity index (χ2n) is 4.74. The topological polar surface area (TPSA) is 73.3 Å². The first kappa shape index (κ1) is 13.8. The number of fused-ring (bicyclic) bond motifs is 3. The van der Waals surface area contributed by atoms with Gasteiger partial charge in [0.25, 0.3) is 5.69 Å². The van der Waals surface area contributed by atoms with Crippen LogP contribution in [0.2, 0.25) is 0 Å². The smallest absolute Gasteiger partial charge is 0.277 e. The molecule has 1 unspecified atom stereocenters. The number of nitrogens with zero attached hydrogens (tertiary/aromatic N) is 1. The minimum absolute atomic E-state index is 0.126. The van der Waals surface area contributed by atoms with Crippen LogP contribution in [-0.2, 0) is 4.79 Å². The standard InChI is InChI=1S/C15H10BrNO4/c1-8(18)15(16)11-6-10-9-4-2-3-5-13(9)21-14(10)7-12(11)17(19)20/h2-7,15H,1H3. The van der Waals surface area contributed by atoms with Gasteiger partial charge in [0.05, 0.1) is 16.6 Å². The van der Waals surface area contributed by atoms with Gasteiger partial charge in [-0.25, -0.2) is 0 Å². The van der Waals surface area contributed by atoms with Gasteiger partial charge in [0.1, 0.15) is 21.8 Å². The zero-order chi connectivity index (χ0) is 15.1. The van der Waals surface area contributed by atoms with Crippen molar-refractivity contribution in [1.29, 1.82) is 0 Å². The van der Waals surface area contributed by atoms with Gasteiger partial charge >= 0.3 is 0 Å². The van der Waals surface area contributed by atoms with E-state index in [2.05, 4.69) is 15.9 Å². The molecule has 3 aromatic rings. The largest absolute Gasteiger partial charge is 0.456 e. The Kier molecular flexibility index (Phi) is 3.25. The molecule has 5 nitrogen and oxygen atoms in total. The van der Waals surface area contributed by atoms with Crippen molar-refractivity contribution in [3.63, 3.8) is 0 Å².